The normalized spacial score (nSPS) is 13.2. The molecule has 7 heteroatoms. The van der Waals surface area contributed by atoms with Crippen molar-refractivity contribution in [2.24, 2.45) is 5.92 Å². The van der Waals surface area contributed by atoms with Crippen LogP contribution in [-0.2, 0) is 9.53 Å². The summed E-state index contributed by atoms with van der Waals surface area (Å²) in [6.45, 7) is 4.98. The highest BCUT2D eigenvalue weighted by molar-refractivity contribution is 6.32. The molecule has 1 aromatic rings. The van der Waals surface area contributed by atoms with Gasteiger partial charge in [0.25, 0.3) is 5.91 Å². The predicted octanol–water partition coefficient (Wildman–Crippen LogP) is 3.55. The first-order chi connectivity index (χ1) is 12.5. The predicted molar refractivity (Wildman–Crippen MR) is 99.1 cm³/mol. The number of carbonyl (C=O) groups excluding carboxylic acids is 2. The van der Waals surface area contributed by atoms with Gasteiger partial charge in [0.2, 0.25) is 0 Å². The van der Waals surface area contributed by atoms with Crippen LogP contribution >= 0.6 is 11.6 Å². The van der Waals surface area contributed by atoms with Crippen molar-refractivity contribution in [1.29, 1.82) is 0 Å². The summed E-state index contributed by atoms with van der Waals surface area (Å²) >= 11 is 6.30. The molecule has 26 heavy (non-hydrogen) atoms. The van der Waals surface area contributed by atoms with Crippen LogP contribution in [-0.4, -0.2) is 50.2 Å². The van der Waals surface area contributed by atoms with Crippen LogP contribution in [0.4, 0.5) is 0 Å². The number of amides is 1. The Kier molecular flexibility index (Phi) is 7.57. The summed E-state index contributed by atoms with van der Waals surface area (Å²) in [6.07, 6.45) is 2.97. The van der Waals surface area contributed by atoms with Crippen molar-refractivity contribution in [3.63, 3.8) is 0 Å². The number of hydrogen-bond acceptors (Lipinski definition) is 5. The number of rotatable bonds is 10. The van der Waals surface area contributed by atoms with Gasteiger partial charge in [0, 0.05) is 12.1 Å². The van der Waals surface area contributed by atoms with Gasteiger partial charge in [-0.25, -0.2) is 0 Å². The largest absolute Gasteiger partial charge is 0.493 e. The fourth-order valence-electron chi connectivity index (χ4n) is 2.56. The number of nitrogens with zero attached hydrogens (tertiary/aromatic N) is 1. The smallest absolute Gasteiger partial charge is 0.325 e. The Morgan fingerprint density at radius 3 is 2.58 bits per heavy atom. The Balaban J connectivity index is 2.23. The molecule has 1 aromatic carbocycles. The summed E-state index contributed by atoms with van der Waals surface area (Å²) in [4.78, 5) is 26.3. The number of carbonyl (C=O) groups is 2. The van der Waals surface area contributed by atoms with Crippen LogP contribution in [0.15, 0.2) is 12.1 Å². The van der Waals surface area contributed by atoms with Crippen molar-refractivity contribution in [2.75, 3.05) is 33.4 Å². The molecule has 1 aliphatic carbocycles. The van der Waals surface area contributed by atoms with Crippen molar-refractivity contribution >= 4 is 23.5 Å². The first-order valence-corrected chi connectivity index (χ1v) is 9.33. The Hall–Kier alpha value is -1.95. The van der Waals surface area contributed by atoms with E-state index in [9.17, 15) is 9.59 Å². The molecule has 0 unspecified atom stereocenters. The van der Waals surface area contributed by atoms with E-state index < -0.39 is 5.97 Å². The van der Waals surface area contributed by atoms with Gasteiger partial charge < -0.3 is 19.1 Å². The average molecular weight is 384 g/mol. The minimum atomic E-state index is -0.414. The molecule has 1 amide bonds. The second kappa shape index (κ2) is 9.67. The molecular formula is C19H26ClNO5. The van der Waals surface area contributed by atoms with Gasteiger partial charge in [-0.1, -0.05) is 18.5 Å². The second-order valence-corrected chi connectivity index (χ2v) is 6.68. The van der Waals surface area contributed by atoms with E-state index in [1.54, 1.807) is 19.1 Å². The van der Waals surface area contributed by atoms with Crippen molar-refractivity contribution in [2.45, 2.75) is 33.1 Å². The zero-order valence-electron chi connectivity index (χ0n) is 15.5. The van der Waals surface area contributed by atoms with E-state index >= 15 is 0 Å². The Labute approximate surface area is 159 Å². The van der Waals surface area contributed by atoms with Crippen LogP contribution in [0.3, 0.4) is 0 Å². The number of halogens is 1. The topological polar surface area (TPSA) is 65.1 Å². The maximum Gasteiger partial charge on any atom is 0.325 e. The third-order valence-electron chi connectivity index (χ3n) is 4.01. The average Bonchev–Trinajstić information content (AvgIpc) is 3.43. The minimum Gasteiger partial charge on any atom is -0.493 e. The SMILES string of the molecule is CCCOc1c(Cl)cc(C(=O)N(CC(=O)OCC)CC2CC2)cc1OC. The highest BCUT2D eigenvalue weighted by Gasteiger charge is 2.29. The Morgan fingerprint density at radius 2 is 2.00 bits per heavy atom. The highest BCUT2D eigenvalue weighted by Crippen LogP contribution is 2.37. The van der Waals surface area contributed by atoms with Crippen LogP contribution < -0.4 is 9.47 Å². The van der Waals surface area contributed by atoms with E-state index in [2.05, 4.69) is 0 Å². The van der Waals surface area contributed by atoms with Gasteiger partial charge in [-0.3, -0.25) is 9.59 Å². The number of ether oxygens (including phenoxy) is 3. The molecule has 0 bridgehead atoms. The molecule has 1 aliphatic rings. The molecule has 0 N–H and O–H groups in total. The van der Waals surface area contributed by atoms with E-state index in [0.717, 1.165) is 19.3 Å². The fraction of sp³-hybridized carbons (Fsp3) is 0.579. The summed E-state index contributed by atoms with van der Waals surface area (Å²) in [5, 5.41) is 0.309. The van der Waals surface area contributed by atoms with Gasteiger partial charge in [0.15, 0.2) is 11.5 Å². The van der Waals surface area contributed by atoms with Crippen LogP contribution in [0.2, 0.25) is 5.02 Å². The molecule has 144 valence electrons. The van der Waals surface area contributed by atoms with Crippen molar-refractivity contribution in [3.05, 3.63) is 22.7 Å². The first-order valence-electron chi connectivity index (χ1n) is 8.95. The number of esters is 1. The molecule has 6 nitrogen and oxygen atoms in total. The maximum absolute atomic E-state index is 13.0. The lowest BCUT2D eigenvalue weighted by Gasteiger charge is -2.22. The molecule has 0 heterocycles. The van der Waals surface area contributed by atoms with E-state index in [0.29, 0.717) is 41.2 Å². The summed E-state index contributed by atoms with van der Waals surface area (Å²) < 4.78 is 15.9. The third-order valence-corrected chi connectivity index (χ3v) is 4.30. The lowest BCUT2D eigenvalue weighted by Crippen LogP contribution is -2.38. The number of benzene rings is 1. The molecule has 0 atom stereocenters. The van der Waals surface area contributed by atoms with Crippen LogP contribution in [0, 0.1) is 5.92 Å². The number of hydrogen-bond donors (Lipinski definition) is 0. The monoisotopic (exact) mass is 383 g/mol. The number of methoxy groups -OCH3 is 1. The maximum atomic E-state index is 13.0. The molecular weight excluding hydrogens is 358 g/mol. The Bertz CT molecular complexity index is 645. The van der Waals surface area contributed by atoms with E-state index in [-0.39, 0.29) is 19.1 Å². The molecule has 1 fully saturated rings. The third kappa shape index (κ3) is 5.53. The van der Waals surface area contributed by atoms with E-state index in [4.69, 9.17) is 25.8 Å². The van der Waals surface area contributed by atoms with Gasteiger partial charge in [-0.05, 0) is 44.2 Å². The zero-order chi connectivity index (χ0) is 19.1. The van der Waals surface area contributed by atoms with Crippen molar-refractivity contribution < 1.29 is 23.8 Å². The van der Waals surface area contributed by atoms with Crippen molar-refractivity contribution in [1.82, 2.24) is 4.90 Å². The fourth-order valence-corrected chi connectivity index (χ4v) is 2.83. The standard InChI is InChI=1S/C19H26ClNO5/c1-4-8-26-18-15(20)9-14(10-16(18)24-3)19(23)21(11-13-6-7-13)12-17(22)25-5-2/h9-10,13H,4-8,11-12H2,1-3H3. The lowest BCUT2D eigenvalue weighted by molar-refractivity contribution is -0.143. The molecule has 0 aromatic heterocycles. The van der Waals surface area contributed by atoms with Gasteiger partial charge in [-0.15, -0.1) is 0 Å². The summed E-state index contributed by atoms with van der Waals surface area (Å²) in [7, 11) is 1.50. The molecule has 0 saturated heterocycles. The molecule has 2 rings (SSSR count). The van der Waals surface area contributed by atoms with E-state index in [1.807, 2.05) is 6.92 Å². The Morgan fingerprint density at radius 1 is 1.27 bits per heavy atom. The quantitative estimate of drug-likeness (QED) is 0.578. The minimum absolute atomic E-state index is 0.0722. The lowest BCUT2D eigenvalue weighted by atomic mass is 10.1. The van der Waals surface area contributed by atoms with Gasteiger partial charge in [0.1, 0.15) is 6.54 Å². The first kappa shape index (κ1) is 20.4. The van der Waals surface area contributed by atoms with Gasteiger partial charge in [0.05, 0.1) is 25.3 Å². The molecule has 0 aliphatic heterocycles. The van der Waals surface area contributed by atoms with Gasteiger partial charge >= 0.3 is 5.97 Å². The van der Waals surface area contributed by atoms with Crippen molar-refractivity contribution in [3.8, 4) is 11.5 Å². The van der Waals surface area contributed by atoms with E-state index in [1.165, 1.54) is 12.0 Å². The molecule has 0 spiro atoms. The van der Waals surface area contributed by atoms with Crippen LogP contribution in [0.25, 0.3) is 0 Å². The second-order valence-electron chi connectivity index (χ2n) is 6.27. The molecule has 0 radical (unpaired) electrons. The highest BCUT2D eigenvalue weighted by atomic mass is 35.5. The van der Waals surface area contributed by atoms with Gasteiger partial charge in [-0.2, -0.15) is 0 Å². The van der Waals surface area contributed by atoms with Crippen LogP contribution in [0.5, 0.6) is 11.5 Å². The summed E-state index contributed by atoms with van der Waals surface area (Å²) in [5.74, 6) is 0.580. The summed E-state index contributed by atoms with van der Waals surface area (Å²) in [5.41, 5.74) is 0.362. The molecule has 1 saturated carbocycles. The zero-order valence-corrected chi connectivity index (χ0v) is 16.3. The summed E-state index contributed by atoms with van der Waals surface area (Å²) in [6, 6.07) is 3.16. The van der Waals surface area contributed by atoms with Crippen LogP contribution in [0.1, 0.15) is 43.5 Å².